The standard InChI is InChI=1S/C4H12BN/c1-5(2)4-6-3/h6H,4H2,1-3H3. The summed E-state index contributed by atoms with van der Waals surface area (Å²) in [6, 6.07) is 0. The lowest BCUT2D eigenvalue weighted by molar-refractivity contribution is 0.959. The molecule has 0 aliphatic heterocycles. The molecule has 1 nitrogen and oxygen atoms in total. The predicted octanol–water partition coefficient (Wildman–Crippen LogP) is 0.499. The van der Waals surface area contributed by atoms with Crippen LogP contribution in [-0.4, -0.2) is 20.2 Å². The Labute approximate surface area is 40.2 Å². The van der Waals surface area contributed by atoms with Crippen LogP contribution in [0.25, 0.3) is 0 Å². The molecule has 36 valence electrons. The normalized spacial score (nSPS) is 8.50. The molecule has 0 aromatic carbocycles. The van der Waals surface area contributed by atoms with Gasteiger partial charge in [-0.2, -0.15) is 0 Å². The highest BCUT2D eigenvalue weighted by molar-refractivity contribution is 6.55. The summed E-state index contributed by atoms with van der Waals surface area (Å²) in [5, 5.41) is 3.07. The summed E-state index contributed by atoms with van der Waals surface area (Å²) in [6.45, 7) is 5.17. The summed E-state index contributed by atoms with van der Waals surface area (Å²) in [5.41, 5.74) is 0. The van der Waals surface area contributed by atoms with Crippen molar-refractivity contribution in [2.45, 2.75) is 13.6 Å². The summed E-state index contributed by atoms with van der Waals surface area (Å²) in [7, 11) is 1.97. The second kappa shape index (κ2) is 3.22. The highest BCUT2D eigenvalue weighted by atomic mass is 14.8. The molecule has 0 aliphatic carbocycles. The number of hydrogen-bond acceptors (Lipinski definition) is 1. The van der Waals surface area contributed by atoms with Crippen LogP contribution in [0, 0.1) is 0 Å². The van der Waals surface area contributed by atoms with Crippen LogP contribution >= 0.6 is 0 Å². The third-order valence-corrected chi connectivity index (χ3v) is 0.612. The lowest BCUT2D eigenvalue weighted by Crippen LogP contribution is -2.21. The summed E-state index contributed by atoms with van der Waals surface area (Å²) < 4.78 is 0. The minimum Gasteiger partial charge on any atom is -0.327 e. The largest absolute Gasteiger partial charge is 0.327 e. The molecule has 6 heavy (non-hydrogen) atoms. The van der Waals surface area contributed by atoms with Crippen molar-refractivity contribution >= 4 is 6.71 Å². The molecule has 0 atom stereocenters. The van der Waals surface area contributed by atoms with Crippen molar-refractivity contribution in [1.82, 2.24) is 5.32 Å². The SMILES string of the molecule is CNCB(C)C. The maximum absolute atomic E-state index is 3.07. The van der Waals surface area contributed by atoms with E-state index in [2.05, 4.69) is 19.0 Å². The van der Waals surface area contributed by atoms with E-state index in [9.17, 15) is 0 Å². The topological polar surface area (TPSA) is 12.0 Å². The average molecular weight is 85.0 g/mol. The number of nitrogens with one attached hydrogen (secondary N) is 1. The third kappa shape index (κ3) is 4.02. The molecule has 0 rings (SSSR count). The van der Waals surface area contributed by atoms with E-state index in [0.29, 0.717) is 0 Å². The molecule has 0 unspecified atom stereocenters. The van der Waals surface area contributed by atoms with E-state index >= 15 is 0 Å². The van der Waals surface area contributed by atoms with Gasteiger partial charge in [0, 0.05) is 0 Å². The van der Waals surface area contributed by atoms with Crippen molar-refractivity contribution in [2.24, 2.45) is 0 Å². The molecular weight excluding hydrogens is 72.9 g/mol. The van der Waals surface area contributed by atoms with Crippen molar-refractivity contribution in [1.29, 1.82) is 0 Å². The molecule has 0 aromatic heterocycles. The van der Waals surface area contributed by atoms with Crippen LogP contribution in [0.4, 0.5) is 0 Å². The molecule has 0 amide bonds. The molecule has 0 fully saturated rings. The molecule has 0 aliphatic rings. The summed E-state index contributed by atoms with van der Waals surface area (Å²) in [6.07, 6.45) is 1.12. The van der Waals surface area contributed by atoms with Crippen molar-refractivity contribution in [3.63, 3.8) is 0 Å². The van der Waals surface area contributed by atoms with Crippen molar-refractivity contribution in [2.75, 3.05) is 13.5 Å². The van der Waals surface area contributed by atoms with E-state index in [1.54, 1.807) is 0 Å². The van der Waals surface area contributed by atoms with Crippen LogP contribution in [0.2, 0.25) is 13.6 Å². The fraction of sp³-hybridized carbons (Fsp3) is 1.00. The molecule has 0 radical (unpaired) electrons. The molecule has 2 heteroatoms. The van der Waals surface area contributed by atoms with Gasteiger partial charge in [0.2, 0.25) is 0 Å². The molecule has 1 N–H and O–H groups in total. The zero-order valence-corrected chi connectivity index (χ0v) is 4.78. The first-order chi connectivity index (χ1) is 2.77. The van der Waals surface area contributed by atoms with Gasteiger partial charge in [-0.15, -0.1) is 0 Å². The van der Waals surface area contributed by atoms with Crippen molar-refractivity contribution < 1.29 is 0 Å². The third-order valence-electron chi connectivity index (χ3n) is 0.612. The molecule has 0 saturated carbocycles. The minimum atomic E-state index is 0.787. The van der Waals surface area contributed by atoms with Crippen LogP contribution in [0.15, 0.2) is 0 Å². The van der Waals surface area contributed by atoms with Gasteiger partial charge in [0.15, 0.2) is 0 Å². The Kier molecular flexibility index (Phi) is 3.24. The Hall–Kier alpha value is 0.0249. The number of rotatable bonds is 2. The zero-order chi connectivity index (χ0) is 4.99. The van der Waals surface area contributed by atoms with Gasteiger partial charge in [-0.1, -0.05) is 13.6 Å². The number of hydrogen-bond donors (Lipinski definition) is 1. The van der Waals surface area contributed by atoms with Crippen LogP contribution < -0.4 is 5.32 Å². The van der Waals surface area contributed by atoms with Crippen LogP contribution in [0.5, 0.6) is 0 Å². The van der Waals surface area contributed by atoms with E-state index in [4.69, 9.17) is 0 Å². The summed E-state index contributed by atoms with van der Waals surface area (Å²) in [5.74, 6) is 0. The minimum absolute atomic E-state index is 0.787. The second-order valence-electron chi connectivity index (χ2n) is 1.95. The lowest BCUT2D eigenvalue weighted by Gasteiger charge is -1.94. The van der Waals surface area contributed by atoms with Crippen LogP contribution in [-0.2, 0) is 0 Å². The first-order valence-corrected chi connectivity index (χ1v) is 2.42. The molecule has 0 aromatic rings. The van der Waals surface area contributed by atoms with Gasteiger partial charge in [-0.25, -0.2) is 0 Å². The van der Waals surface area contributed by atoms with E-state index in [-0.39, 0.29) is 0 Å². The fourth-order valence-corrected chi connectivity index (χ4v) is 0.408. The smallest absolute Gasteiger partial charge is 0.149 e. The van der Waals surface area contributed by atoms with Gasteiger partial charge in [-0.3, -0.25) is 0 Å². The molecule has 0 heterocycles. The van der Waals surface area contributed by atoms with Gasteiger partial charge in [0.1, 0.15) is 6.71 Å². The Balaban J connectivity index is 2.63. The second-order valence-corrected chi connectivity index (χ2v) is 1.95. The predicted molar refractivity (Wildman–Crippen MR) is 31.4 cm³/mol. The molecule has 0 bridgehead atoms. The van der Waals surface area contributed by atoms with Crippen LogP contribution in [0.1, 0.15) is 0 Å². The average Bonchev–Trinajstić information content (AvgIpc) is 1.35. The Morgan fingerprint density at radius 2 is 2.00 bits per heavy atom. The quantitative estimate of drug-likeness (QED) is 0.481. The van der Waals surface area contributed by atoms with E-state index < -0.39 is 0 Å². The Morgan fingerprint density at radius 3 is 2.00 bits per heavy atom. The highest BCUT2D eigenvalue weighted by Gasteiger charge is 1.90. The fourth-order valence-electron chi connectivity index (χ4n) is 0.408. The maximum atomic E-state index is 3.07. The van der Waals surface area contributed by atoms with Gasteiger partial charge in [0.25, 0.3) is 0 Å². The maximum Gasteiger partial charge on any atom is 0.149 e. The highest BCUT2D eigenvalue weighted by Crippen LogP contribution is 1.70. The van der Waals surface area contributed by atoms with Crippen molar-refractivity contribution in [3.05, 3.63) is 0 Å². The Morgan fingerprint density at radius 1 is 1.50 bits per heavy atom. The Bertz CT molecular complexity index is 28.7. The monoisotopic (exact) mass is 85.1 g/mol. The first-order valence-electron chi connectivity index (χ1n) is 2.42. The summed E-state index contributed by atoms with van der Waals surface area (Å²) >= 11 is 0. The molecule has 0 spiro atoms. The van der Waals surface area contributed by atoms with E-state index in [0.717, 1.165) is 13.2 Å². The molecular formula is C4H12BN. The molecule has 0 saturated heterocycles. The van der Waals surface area contributed by atoms with Gasteiger partial charge in [0.05, 0.1) is 0 Å². The van der Waals surface area contributed by atoms with Gasteiger partial charge >= 0.3 is 0 Å². The van der Waals surface area contributed by atoms with E-state index in [1.165, 1.54) is 0 Å². The van der Waals surface area contributed by atoms with Gasteiger partial charge in [-0.05, 0) is 13.5 Å². The van der Waals surface area contributed by atoms with Crippen LogP contribution in [0.3, 0.4) is 0 Å². The summed E-state index contributed by atoms with van der Waals surface area (Å²) in [4.78, 5) is 0. The van der Waals surface area contributed by atoms with Crippen molar-refractivity contribution in [3.8, 4) is 0 Å². The van der Waals surface area contributed by atoms with Gasteiger partial charge < -0.3 is 5.32 Å². The lowest BCUT2D eigenvalue weighted by atomic mass is 9.55. The zero-order valence-electron chi connectivity index (χ0n) is 4.78. The van der Waals surface area contributed by atoms with E-state index in [1.807, 2.05) is 7.05 Å². The first kappa shape index (κ1) is 6.02.